The number of hydrogen-bond donors (Lipinski definition) is 2. The summed E-state index contributed by atoms with van der Waals surface area (Å²) >= 11 is 0. The minimum absolute atomic E-state index is 0.272. The van der Waals surface area contributed by atoms with Gasteiger partial charge in [0.2, 0.25) is 0 Å². The standard InChI is InChI=1S/C10H15N3/c11-8-4-1-3-7(8)9-5-2-6-10(12)13-9/h2,5-8H,1,3-4,11H2,(H2,12,13). The van der Waals surface area contributed by atoms with Crippen molar-refractivity contribution in [2.45, 2.75) is 31.2 Å². The van der Waals surface area contributed by atoms with Crippen molar-refractivity contribution >= 4 is 5.82 Å². The first-order chi connectivity index (χ1) is 6.27. The molecule has 2 rings (SSSR count). The molecule has 1 aliphatic carbocycles. The molecular weight excluding hydrogens is 162 g/mol. The van der Waals surface area contributed by atoms with Gasteiger partial charge in [-0.1, -0.05) is 12.5 Å². The molecule has 2 atom stereocenters. The molecule has 2 unspecified atom stereocenters. The number of rotatable bonds is 1. The van der Waals surface area contributed by atoms with Gasteiger partial charge >= 0.3 is 0 Å². The highest BCUT2D eigenvalue weighted by atomic mass is 14.9. The van der Waals surface area contributed by atoms with E-state index in [4.69, 9.17) is 11.5 Å². The average molecular weight is 177 g/mol. The first-order valence-electron chi connectivity index (χ1n) is 4.75. The molecular formula is C10H15N3. The zero-order valence-corrected chi connectivity index (χ0v) is 7.61. The topological polar surface area (TPSA) is 64.9 Å². The predicted molar refractivity (Wildman–Crippen MR) is 53.2 cm³/mol. The average Bonchev–Trinajstić information content (AvgIpc) is 2.51. The van der Waals surface area contributed by atoms with Crippen molar-refractivity contribution in [1.82, 2.24) is 4.98 Å². The van der Waals surface area contributed by atoms with E-state index in [2.05, 4.69) is 4.98 Å². The normalized spacial score (nSPS) is 27.8. The zero-order valence-electron chi connectivity index (χ0n) is 7.61. The summed E-state index contributed by atoms with van der Waals surface area (Å²) in [4.78, 5) is 4.30. The maximum atomic E-state index is 5.98. The van der Waals surface area contributed by atoms with Gasteiger partial charge in [0.05, 0.1) is 0 Å². The summed E-state index contributed by atoms with van der Waals surface area (Å²) in [5.74, 6) is 1.01. The minimum Gasteiger partial charge on any atom is -0.384 e. The maximum Gasteiger partial charge on any atom is 0.123 e. The second-order valence-electron chi connectivity index (χ2n) is 3.69. The fraction of sp³-hybridized carbons (Fsp3) is 0.500. The van der Waals surface area contributed by atoms with E-state index in [-0.39, 0.29) is 6.04 Å². The fourth-order valence-electron chi connectivity index (χ4n) is 2.03. The number of pyridine rings is 1. The predicted octanol–water partition coefficient (Wildman–Crippen LogP) is 1.26. The molecule has 1 saturated carbocycles. The van der Waals surface area contributed by atoms with Crippen molar-refractivity contribution < 1.29 is 0 Å². The Kier molecular flexibility index (Phi) is 2.19. The number of aromatic nitrogens is 1. The molecule has 3 nitrogen and oxygen atoms in total. The van der Waals surface area contributed by atoms with Gasteiger partial charge in [-0.05, 0) is 25.0 Å². The SMILES string of the molecule is Nc1cccc(C2CCCC2N)n1. The van der Waals surface area contributed by atoms with E-state index in [1.54, 1.807) is 0 Å². The van der Waals surface area contributed by atoms with E-state index in [1.807, 2.05) is 18.2 Å². The van der Waals surface area contributed by atoms with Crippen molar-refractivity contribution in [3.05, 3.63) is 23.9 Å². The lowest BCUT2D eigenvalue weighted by Gasteiger charge is -2.14. The van der Waals surface area contributed by atoms with Gasteiger partial charge in [0.25, 0.3) is 0 Å². The van der Waals surface area contributed by atoms with Crippen molar-refractivity contribution in [3.63, 3.8) is 0 Å². The molecule has 0 aromatic carbocycles. The maximum absolute atomic E-state index is 5.98. The van der Waals surface area contributed by atoms with Crippen LogP contribution in [-0.4, -0.2) is 11.0 Å². The highest BCUT2D eigenvalue weighted by Crippen LogP contribution is 2.32. The van der Waals surface area contributed by atoms with Gasteiger partial charge in [0.1, 0.15) is 5.82 Å². The molecule has 0 radical (unpaired) electrons. The second kappa shape index (κ2) is 3.34. The van der Waals surface area contributed by atoms with Crippen LogP contribution >= 0.6 is 0 Å². The van der Waals surface area contributed by atoms with Crippen molar-refractivity contribution in [3.8, 4) is 0 Å². The van der Waals surface area contributed by atoms with Gasteiger partial charge in [-0.25, -0.2) is 4.98 Å². The summed E-state index contributed by atoms with van der Waals surface area (Å²) in [6, 6.07) is 6.05. The summed E-state index contributed by atoms with van der Waals surface area (Å²) in [6.45, 7) is 0. The lowest BCUT2D eigenvalue weighted by atomic mass is 10.00. The molecule has 1 aliphatic rings. The number of nitrogens with zero attached hydrogens (tertiary/aromatic N) is 1. The van der Waals surface area contributed by atoms with E-state index < -0.39 is 0 Å². The van der Waals surface area contributed by atoms with Crippen LogP contribution in [0.3, 0.4) is 0 Å². The smallest absolute Gasteiger partial charge is 0.123 e. The third kappa shape index (κ3) is 1.65. The molecule has 0 saturated heterocycles. The summed E-state index contributed by atoms with van der Waals surface area (Å²) < 4.78 is 0. The molecule has 0 bridgehead atoms. The molecule has 70 valence electrons. The zero-order chi connectivity index (χ0) is 9.26. The minimum atomic E-state index is 0.272. The Hall–Kier alpha value is -1.09. The van der Waals surface area contributed by atoms with E-state index in [0.717, 1.165) is 18.5 Å². The summed E-state index contributed by atoms with van der Waals surface area (Å²) in [5.41, 5.74) is 12.7. The van der Waals surface area contributed by atoms with E-state index in [0.29, 0.717) is 11.7 Å². The third-order valence-electron chi connectivity index (χ3n) is 2.74. The van der Waals surface area contributed by atoms with Crippen molar-refractivity contribution in [2.75, 3.05) is 5.73 Å². The number of nitrogens with two attached hydrogens (primary N) is 2. The Balaban J connectivity index is 2.24. The molecule has 3 heteroatoms. The molecule has 0 aliphatic heterocycles. The fourth-order valence-corrected chi connectivity index (χ4v) is 2.03. The molecule has 1 heterocycles. The van der Waals surface area contributed by atoms with Crippen LogP contribution in [0.1, 0.15) is 30.9 Å². The summed E-state index contributed by atoms with van der Waals surface area (Å²) in [5, 5.41) is 0. The van der Waals surface area contributed by atoms with E-state index >= 15 is 0 Å². The van der Waals surface area contributed by atoms with Gasteiger partial charge in [-0.3, -0.25) is 0 Å². The van der Waals surface area contributed by atoms with Gasteiger partial charge in [0.15, 0.2) is 0 Å². The third-order valence-corrected chi connectivity index (χ3v) is 2.74. The van der Waals surface area contributed by atoms with Gasteiger partial charge < -0.3 is 11.5 Å². The van der Waals surface area contributed by atoms with Gasteiger partial charge in [0, 0.05) is 17.7 Å². The Bertz CT molecular complexity index is 298. The number of anilines is 1. The first-order valence-corrected chi connectivity index (χ1v) is 4.75. The Morgan fingerprint density at radius 3 is 2.77 bits per heavy atom. The van der Waals surface area contributed by atoms with Crippen LogP contribution in [0.25, 0.3) is 0 Å². The van der Waals surface area contributed by atoms with Crippen LogP contribution in [-0.2, 0) is 0 Å². The lowest BCUT2D eigenvalue weighted by Crippen LogP contribution is -2.23. The molecule has 1 aromatic rings. The molecule has 1 aromatic heterocycles. The van der Waals surface area contributed by atoms with E-state index in [9.17, 15) is 0 Å². The van der Waals surface area contributed by atoms with Crippen LogP contribution in [0.2, 0.25) is 0 Å². The largest absolute Gasteiger partial charge is 0.384 e. The Morgan fingerprint density at radius 2 is 2.15 bits per heavy atom. The van der Waals surface area contributed by atoms with Crippen LogP contribution < -0.4 is 11.5 Å². The van der Waals surface area contributed by atoms with Gasteiger partial charge in [-0.2, -0.15) is 0 Å². The van der Waals surface area contributed by atoms with E-state index in [1.165, 1.54) is 6.42 Å². The second-order valence-corrected chi connectivity index (χ2v) is 3.69. The van der Waals surface area contributed by atoms with Crippen LogP contribution in [0.15, 0.2) is 18.2 Å². The lowest BCUT2D eigenvalue weighted by molar-refractivity contribution is 0.599. The molecule has 13 heavy (non-hydrogen) atoms. The number of nitrogen functional groups attached to an aromatic ring is 1. The first kappa shape index (κ1) is 8.51. The quantitative estimate of drug-likeness (QED) is 0.678. The molecule has 0 spiro atoms. The van der Waals surface area contributed by atoms with Crippen LogP contribution in [0, 0.1) is 0 Å². The molecule has 0 amide bonds. The van der Waals surface area contributed by atoms with Crippen molar-refractivity contribution in [2.24, 2.45) is 5.73 Å². The highest BCUT2D eigenvalue weighted by molar-refractivity contribution is 5.30. The Morgan fingerprint density at radius 1 is 1.31 bits per heavy atom. The molecule has 4 N–H and O–H groups in total. The Labute approximate surface area is 78.1 Å². The number of hydrogen-bond acceptors (Lipinski definition) is 3. The van der Waals surface area contributed by atoms with Crippen LogP contribution in [0.4, 0.5) is 5.82 Å². The highest BCUT2D eigenvalue weighted by Gasteiger charge is 2.26. The molecule has 1 fully saturated rings. The van der Waals surface area contributed by atoms with Gasteiger partial charge in [-0.15, -0.1) is 0 Å². The summed E-state index contributed by atoms with van der Waals surface area (Å²) in [6.07, 6.45) is 3.47. The monoisotopic (exact) mass is 177 g/mol. The van der Waals surface area contributed by atoms with Crippen molar-refractivity contribution in [1.29, 1.82) is 0 Å². The van der Waals surface area contributed by atoms with Crippen LogP contribution in [0.5, 0.6) is 0 Å². The summed E-state index contributed by atoms with van der Waals surface area (Å²) in [7, 11) is 0.